The van der Waals surface area contributed by atoms with E-state index in [1.54, 1.807) is 31.6 Å². The Hall–Kier alpha value is -2.91. The number of hydrazone groups is 1. The lowest BCUT2D eigenvalue weighted by atomic mass is 10.2. The van der Waals surface area contributed by atoms with Crippen LogP contribution >= 0.6 is 27.7 Å². The van der Waals surface area contributed by atoms with Crippen molar-refractivity contribution in [3.8, 4) is 11.5 Å². The largest absolute Gasteiger partial charge is 0.493 e. The van der Waals surface area contributed by atoms with Crippen molar-refractivity contribution < 1.29 is 14.3 Å². The highest BCUT2D eigenvalue weighted by Crippen LogP contribution is 2.36. The van der Waals surface area contributed by atoms with Crippen LogP contribution in [0.25, 0.3) is 0 Å². The third-order valence-electron chi connectivity index (χ3n) is 3.76. The van der Waals surface area contributed by atoms with Gasteiger partial charge in [-0.1, -0.05) is 42.1 Å². The van der Waals surface area contributed by atoms with Gasteiger partial charge in [0.2, 0.25) is 0 Å². The standard InChI is InChI=1S/C21H19BrN4O3S/c1-28-18-11-16(10-17(22)20(18)29-13-15-6-3-2-4-7-15)12-25-26-19(27)14-30-21-23-8-5-9-24-21/h2-12H,13-14H2,1H3,(H,26,27). The molecule has 0 radical (unpaired) electrons. The Labute approximate surface area is 187 Å². The zero-order chi connectivity index (χ0) is 21.2. The molecule has 9 heteroatoms. The average molecular weight is 487 g/mol. The highest BCUT2D eigenvalue weighted by Gasteiger charge is 2.12. The van der Waals surface area contributed by atoms with Gasteiger partial charge in [0.05, 0.1) is 23.5 Å². The smallest absolute Gasteiger partial charge is 0.250 e. The minimum absolute atomic E-state index is 0.167. The molecule has 2 aromatic carbocycles. The Morgan fingerprint density at radius 2 is 1.97 bits per heavy atom. The number of hydrogen-bond donors (Lipinski definition) is 1. The van der Waals surface area contributed by atoms with Crippen LogP contribution in [0.15, 0.2) is 75.7 Å². The topological polar surface area (TPSA) is 85.7 Å². The number of nitrogens with one attached hydrogen (secondary N) is 1. The van der Waals surface area contributed by atoms with Crippen LogP contribution in [0, 0.1) is 0 Å². The molecule has 1 heterocycles. The Morgan fingerprint density at radius 1 is 1.20 bits per heavy atom. The molecule has 154 valence electrons. The first-order valence-electron chi connectivity index (χ1n) is 8.91. The van der Waals surface area contributed by atoms with Crippen molar-refractivity contribution in [3.63, 3.8) is 0 Å². The summed E-state index contributed by atoms with van der Waals surface area (Å²) in [6, 6.07) is 15.2. The molecule has 30 heavy (non-hydrogen) atoms. The Morgan fingerprint density at radius 3 is 2.70 bits per heavy atom. The van der Waals surface area contributed by atoms with Crippen molar-refractivity contribution in [2.45, 2.75) is 11.8 Å². The van der Waals surface area contributed by atoms with Gasteiger partial charge in [-0.15, -0.1) is 0 Å². The number of amides is 1. The number of hydrogen-bond acceptors (Lipinski definition) is 7. The number of aromatic nitrogens is 2. The van der Waals surface area contributed by atoms with E-state index in [4.69, 9.17) is 9.47 Å². The molecule has 0 aliphatic carbocycles. The number of carbonyl (C=O) groups is 1. The van der Waals surface area contributed by atoms with Gasteiger partial charge in [0.15, 0.2) is 16.7 Å². The van der Waals surface area contributed by atoms with Gasteiger partial charge < -0.3 is 9.47 Å². The number of thioether (sulfide) groups is 1. The second-order valence-electron chi connectivity index (χ2n) is 5.92. The fraction of sp³-hybridized carbons (Fsp3) is 0.143. The molecule has 0 bridgehead atoms. The molecule has 0 unspecified atom stereocenters. The Balaban J connectivity index is 1.57. The Bertz CT molecular complexity index is 1000. The maximum absolute atomic E-state index is 11.9. The van der Waals surface area contributed by atoms with Crippen LogP contribution < -0.4 is 14.9 Å². The number of halogens is 1. The number of rotatable bonds is 9. The Kier molecular flexibility index (Phi) is 8.22. The highest BCUT2D eigenvalue weighted by molar-refractivity contribution is 9.10. The number of nitrogens with zero attached hydrogens (tertiary/aromatic N) is 3. The highest BCUT2D eigenvalue weighted by atomic mass is 79.9. The number of methoxy groups -OCH3 is 1. The first-order chi connectivity index (χ1) is 14.7. The molecule has 0 fully saturated rings. The second-order valence-corrected chi connectivity index (χ2v) is 7.72. The summed E-state index contributed by atoms with van der Waals surface area (Å²) in [4.78, 5) is 20.0. The summed E-state index contributed by atoms with van der Waals surface area (Å²) in [5, 5.41) is 4.54. The molecule has 1 amide bonds. The van der Waals surface area contributed by atoms with Crippen molar-refractivity contribution >= 4 is 39.8 Å². The van der Waals surface area contributed by atoms with Crippen molar-refractivity contribution in [1.29, 1.82) is 0 Å². The molecule has 0 saturated carbocycles. The molecule has 0 aliphatic rings. The van der Waals surface area contributed by atoms with Crippen molar-refractivity contribution in [2.75, 3.05) is 12.9 Å². The van der Waals surface area contributed by atoms with E-state index in [9.17, 15) is 4.79 Å². The van der Waals surface area contributed by atoms with E-state index in [2.05, 4.69) is 36.4 Å². The predicted molar refractivity (Wildman–Crippen MR) is 120 cm³/mol. The second kappa shape index (κ2) is 11.3. The molecule has 0 aliphatic heterocycles. The van der Waals surface area contributed by atoms with Crippen LogP contribution in [0.5, 0.6) is 11.5 Å². The van der Waals surface area contributed by atoms with E-state index in [0.29, 0.717) is 23.3 Å². The number of ether oxygens (including phenoxy) is 2. The van der Waals surface area contributed by atoms with Crippen LogP contribution in [-0.2, 0) is 11.4 Å². The molecule has 0 atom stereocenters. The molecule has 3 aromatic rings. The third-order valence-corrected chi connectivity index (χ3v) is 5.22. The molecule has 7 nitrogen and oxygen atoms in total. The fourth-order valence-corrected chi connectivity index (χ4v) is 3.55. The number of benzene rings is 2. The van der Waals surface area contributed by atoms with Crippen molar-refractivity contribution in [3.05, 3.63) is 76.5 Å². The normalized spacial score (nSPS) is 10.7. The maximum atomic E-state index is 11.9. The van der Waals surface area contributed by atoms with Gasteiger partial charge in [-0.05, 0) is 45.3 Å². The lowest BCUT2D eigenvalue weighted by Crippen LogP contribution is -2.19. The quantitative estimate of drug-likeness (QED) is 0.212. The SMILES string of the molecule is COc1cc(C=NNC(=O)CSc2ncccn2)cc(Br)c1OCc1ccccc1. The molecule has 1 N–H and O–H groups in total. The minimum atomic E-state index is -0.252. The van der Waals surface area contributed by atoms with E-state index in [1.807, 2.05) is 36.4 Å². The van der Waals surface area contributed by atoms with Crippen LogP contribution in [0.1, 0.15) is 11.1 Å². The van der Waals surface area contributed by atoms with Gasteiger partial charge >= 0.3 is 0 Å². The summed E-state index contributed by atoms with van der Waals surface area (Å²) >= 11 is 4.75. The summed E-state index contributed by atoms with van der Waals surface area (Å²) in [5.74, 6) is 1.07. The van der Waals surface area contributed by atoms with Gasteiger partial charge in [0, 0.05) is 12.4 Å². The van der Waals surface area contributed by atoms with Gasteiger partial charge in [-0.2, -0.15) is 5.10 Å². The van der Waals surface area contributed by atoms with Gasteiger partial charge in [0.1, 0.15) is 6.61 Å². The van der Waals surface area contributed by atoms with E-state index in [1.165, 1.54) is 18.0 Å². The molecule has 0 spiro atoms. The predicted octanol–water partition coefficient (Wildman–Crippen LogP) is 4.07. The monoisotopic (exact) mass is 486 g/mol. The summed E-state index contributed by atoms with van der Waals surface area (Å²) in [7, 11) is 1.57. The third kappa shape index (κ3) is 6.57. The van der Waals surface area contributed by atoms with Crippen LogP contribution in [-0.4, -0.2) is 35.0 Å². The molecular formula is C21H19BrN4O3S. The summed E-state index contributed by atoms with van der Waals surface area (Å²) in [5.41, 5.74) is 4.28. The van der Waals surface area contributed by atoms with E-state index >= 15 is 0 Å². The zero-order valence-corrected chi connectivity index (χ0v) is 18.5. The number of carbonyl (C=O) groups excluding carboxylic acids is 1. The fourth-order valence-electron chi connectivity index (χ4n) is 2.39. The first kappa shape index (κ1) is 21.8. The molecule has 0 saturated heterocycles. The molecule has 1 aromatic heterocycles. The lowest BCUT2D eigenvalue weighted by Gasteiger charge is -2.13. The first-order valence-corrected chi connectivity index (χ1v) is 10.7. The average Bonchev–Trinajstić information content (AvgIpc) is 2.78. The molecule has 3 rings (SSSR count). The molecular weight excluding hydrogens is 468 g/mol. The summed E-state index contributed by atoms with van der Waals surface area (Å²) in [6.45, 7) is 0.419. The van der Waals surface area contributed by atoms with Crippen molar-refractivity contribution in [1.82, 2.24) is 15.4 Å². The zero-order valence-electron chi connectivity index (χ0n) is 16.1. The van der Waals surface area contributed by atoms with Crippen LogP contribution in [0.2, 0.25) is 0 Å². The van der Waals surface area contributed by atoms with Gasteiger partial charge in [0.25, 0.3) is 5.91 Å². The van der Waals surface area contributed by atoms with E-state index in [0.717, 1.165) is 15.6 Å². The van der Waals surface area contributed by atoms with Crippen LogP contribution in [0.3, 0.4) is 0 Å². The maximum Gasteiger partial charge on any atom is 0.250 e. The summed E-state index contributed by atoms with van der Waals surface area (Å²) in [6.07, 6.45) is 4.80. The minimum Gasteiger partial charge on any atom is -0.493 e. The van der Waals surface area contributed by atoms with Gasteiger partial charge in [-0.25, -0.2) is 15.4 Å². The van der Waals surface area contributed by atoms with E-state index < -0.39 is 0 Å². The van der Waals surface area contributed by atoms with Crippen molar-refractivity contribution in [2.24, 2.45) is 5.10 Å². The van der Waals surface area contributed by atoms with E-state index in [-0.39, 0.29) is 11.7 Å². The van der Waals surface area contributed by atoms with Gasteiger partial charge in [-0.3, -0.25) is 4.79 Å². The summed E-state index contributed by atoms with van der Waals surface area (Å²) < 4.78 is 12.1. The lowest BCUT2D eigenvalue weighted by molar-refractivity contribution is -0.118. The van der Waals surface area contributed by atoms with Crippen LogP contribution in [0.4, 0.5) is 0 Å².